The van der Waals surface area contributed by atoms with Crippen LogP contribution in [0.15, 0.2) is 30.3 Å². The number of rotatable bonds is 6. The van der Waals surface area contributed by atoms with Gasteiger partial charge in [-0.2, -0.15) is 0 Å². The zero-order valence-electron chi connectivity index (χ0n) is 11.8. The second kappa shape index (κ2) is 7.56. The Hall–Kier alpha value is -1.84. The van der Waals surface area contributed by atoms with E-state index in [4.69, 9.17) is 0 Å². The minimum absolute atomic E-state index is 0.0115. The van der Waals surface area contributed by atoms with Gasteiger partial charge in [0.05, 0.1) is 0 Å². The Kier molecular flexibility index (Phi) is 6.06. The normalized spacial score (nSPS) is 11.7. The topological polar surface area (TPSA) is 49.4 Å². The predicted octanol–water partition coefficient (Wildman–Crippen LogP) is 1.95. The van der Waals surface area contributed by atoms with Gasteiger partial charge in [-0.15, -0.1) is 0 Å². The Morgan fingerprint density at radius 2 is 1.84 bits per heavy atom. The molecule has 1 aromatic carbocycles. The van der Waals surface area contributed by atoms with Gasteiger partial charge in [0.1, 0.15) is 6.04 Å². The van der Waals surface area contributed by atoms with E-state index in [1.807, 2.05) is 44.2 Å². The van der Waals surface area contributed by atoms with Crippen molar-refractivity contribution in [1.82, 2.24) is 10.2 Å². The number of nitrogens with one attached hydrogen (secondary N) is 1. The summed E-state index contributed by atoms with van der Waals surface area (Å²) in [6.07, 6.45) is 0.399. The second-order valence-corrected chi connectivity index (χ2v) is 4.43. The van der Waals surface area contributed by atoms with E-state index >= 15 is 0 Å². The van der Waals surface area contributed by atoms with Crippen molar-refractivity contribution in [2.45, 2.75) is 39.8 Å². The first-order chi connectivity index (χ1) is 9.10. The number of hydrogen-bond acceptors (Lipinski definition) is 2. The second-order valence-electron chi connectivity index (χ2n) is 4.43. The molecule has 0 unspecified atom stereocenters. The molecule has 1 N–H and O–H groups in total. The van der Waals surface area contributed by atoms with Gasteiger partial charge < -0.3 is 10.2 Å². The quantitative estimate of drug-likeness (QED) is 0.852. The molecule has 1 atom stereocenters. The number of nitrogens with zero attached hydrogens (tertiary/aromatic N) is 1. The molecule has 0 spiro atoms. The van der Waals surface area contributed by atoms with Gasteiger partial charge >= 0.3 is 0 Å². The Morgan fingerprint density at radius 3 is 2.37 bits per heavy atom. The molecule has 1 rings (SSSR count). The highest BCUT2D eigenvalue weighted by Crippen LogP contribution is 2.10. The third-order valence-corrected chi connectivity index (χ3v) is 3.02. The molecular formula is C15H22N2O2. The standard InChI is InChI=1S/C15H22N2O2/c1-4-14(18)17(12(3)15(19)16-5-2)11-13-9-7-6-8-10-13/h6-10,12H,4-5,11H2,1-3H3,(H,16,19)/t12-/m1/s1. The SMILES string of the molecule is CCNC(=O)[C@@H](C)N(Cc1ccccc1)C(=O)CC. The Bertz CT molecular complexity index is 417. The Morgan fingerprint density at radius 1 is 1.21 bits per heavy atom. The smallest absolute Gasteiger partial charge is 0.242 e. The third-order valence-electron chi connectivity index (χ3n) is 3.02. The van der Waals surface area contributed by atoms with E-state index in [0.29, 0.717) is 19.5 Å². The van der Waals surface area contributed by atoms with Crippen molar-refractivity contribution in [3.8, 4) is 0 Å². The highest BCUT2D eigenvalue weighted by Gasteiger charge is 2.24. The lowest BCUT2D eigenvalue weighted by Gasteiger charge is -2.28. The van der Waals surface area contributed by atoms with E-state index in [1.54, 1.807) is 11.8 Å². The van der Waals surface area contributed by atoms with Gasteiger partial charge in [-0.1, -0.05) is 37.3 Å². The number of amides is 2. The van der Waals surface area contributed by atoms with Crippen molar-refractivity contribution in [3.05, 3.63) is 35.9 Å². The van der Waals surface area contributed by atoms with E-state index in [2.05, 4.69) is 5.32 Å². The molecular weight excluding hydrogens is 240 g/mol. The first-order valence-electron chi connectivity index (χ1n) is 6.71. The molecule has 104 valence electrons. The summed E-state index contributed by atoms with van der Waals surface area (Å²) in [6.45, 7) is 6.48. The maximum atomic E-state index is 12.0. The van der Waals surface area contributed by atoms with Crippen molar-refractivity contribution in [3.63, 3.8) is 0 Å². The molecule has 0 saturated heterocycles. The predicted molar refractivity (Wildman–Crippen MR) is 75.4 cm³/mol. The molecule has 4 heteroatoms. The first kappa shape index (κ1) is 15.2. The molecule has 0 heterocycles. The summed E-state index contributed by atoms with van der Waals surface area (Å²) in [7, 11) is 0. The fraction of sp³-hybridized carbons (Fsp3) is 0.467. The van der Waals surface area contributed by atoms with Crippen molar-refractivity contribution in [1.29, 1.82) is 0 Å². The fourth-order valence-electron chi connectivity index (χ4n) is 1.89. The van der Waals surface area contributed by atoms with Gasteiger partial charge in [-0.25, -0.2) is 0 Å². The van der Waals surface area contributed by atoms with Crippen molar-refractivity contribution >= 4 is 11.8 Å². The van der Waals surface area contributed by atoms with Gasteiger partial charge in [0.15, 0.2) is 0 Å². The van der Waals surface area contributed by atoms with Crippen LogP contribution in [-0.2, 0) is 16.1 Å². The molecule has 0 radical (unpaired) electrons. The van der Waals surface area contributed by atoms with Crippen molar-refractivity contribution in [2.24, 2.45) is 0 Å². The van der Waals surface area contributed by atoms with Crippen LogP contribution in [0.5, 0.6) is 0 Å². The lowest BCUT2D eigenvalue weighted by atomic mass is 10.1. The van der Waals surface area contributed by atoms with Crippen molar-refractivity contribution < 1.29 is 9.59 Å². The summed E-state index contributed by atoms with van der Waals surface area (Å²) < 4.78 is 0. The highest BCUT2D eigenvalue weighted by molar-refractivity contribution is 5.87. The van der Waals surface area contributed by atoms with Crippen LogP contribution in [0, 0.1) is 0 Å². The minimum Gasteiger partial charge on any atom is -0.355 e. The molecule has 1 aromatic rings. The molecule has 0 bridgehead atoms. The Balaban J connectivity index is 2.83. The molecule has 0 aliphatic heterocycles. The van der Waals surface area contributed by atoms with Crippen molar-refractivity contribution in [2.75, 3.05) is 6.54 Å². The van der Waals surface area contributed by atoms with E-state index < -0.39 is 6.04 Å². The van der Waals surface area contributed by atoms with Gasteiger partial charge in [-0.05, 0) is 19.4 Å². The maximum absolute atomic E-state index is 12.0. The van der Waals surface area contributed by atoms with Gasteiger partial charge in [0.25, 0.3) is 0 Å². The summed E-state index contributed by atoms with van der Waals surface area (Å²) >= 11 is 0. The summed E-state index contributed by atoms with van der Waals surface area (Å²) in [5.41, 5.74) is 1.03. The largest absolute Gasteiger partial charge is 0.355 e. The van der Waals surface area contributed by atoms with Gasteiger partial charge in [0, 0.05) is 19.5 Å². The fourth-order valence-corrected chi connectivity index (χ4v) is 1.89. The zero-order chi connectivity index (χ0) is 14.3. The number of carbonyl (C=O) groups excluding carboxylic acids is 2. The third kappa shape index (κ3) is 4.39. The van der Waals surface area contributed by atoms with E-state index in [1.165, 1.54) is 0 Å². The molecule has 4 nitrogen and oxygen atoms in total. The van der Waals surface area contributed by atoms with Crippen LogP contribution in [0.3, 0.4) is 0 Å². The average molecular weight is 262 g/mol. The molecule has 0 aliphatic rings. The van der Waals surface area contributed by atoms with Crippen LogP contribution >= 0.6 is 0 Å². The number of likely N-dealkylation sites (N-methyl/N-ethyl adjacent to an activating group) is 1. The molecule has 0 aliphatic carbocycles. The highest BCUT2D eigenvalue weighted by atomic mass is 16.2. The van der Waals surface area contributed by atoms with Crippen LogP contribution in [0.25, 0.3) is 0 Å². The summed E-state index contributed by atoms with van der Waals surface area (Å²) in [4.78, 5) is 25.5. The van der Waals surface area contributed by atoms with E-state index in [0.717, 1.165) is 5.56 Å². The number of carbonyl (C=O) groups is 2. The van der Waals surface area contributed by atoms with Crippen LogP contribution in [0.4, 0.5) is 0 Å². The molecule has 19 heavy (non-hydrogen) atoms. The first-order valence-corrected chi connectivity index (χ1v) is 6.71. The van der Waals surface area contributed by atoms with Gasteiger partial charge in [-0.3, -0.25) is 9.59 Å². The van der Waals surface area contributed by atoms with Gasteiger partial charge in [0.2, 0.25) is 11.8 Å². The number of hydrogen-bond donors (Lipinski definition) is 1. The molecule has 0 fully saturated rings. The summed E-state index contributed by atoms with van der Waals surface area (Å²) in [5, 5.41) is 2.76. The molecule has 0 saturated carbocycles. The number of benzene rings is 1. The Labute approximate surface area is 114 Å². The van der Waals surface area contributed by atoms with Crippen LogP contribution in [0.2, 0.25) is 0 Å². The van der Waals surface area contributed by atoms with Crippen LogP contribution in [-0.4, -0.2) is 29.3 Å². The summed E-state index contributed by atoms with van der Waals surface area (Å²) in [6, 6.07) is 9.26. The van der Waals surface area contributed by atoms with E-state index in [9.17, 15) is 9.59 Å². The lowest BCUT2D eigenvalue weighted by Crippen LogP contribution is -2.47. The minimum atomic E-state index is -0.451. The van der Waals surface area contributed by atoms with Crippen LogP contribution < -0.4 is 5.32 Å². The molecule has 0 aromatic heterocycles. The monoisotopic (exact) mass is 262 g/mol. The van der Waals surface area contributed by atoms with E-state index in [-0.39, 0.29) is 11.8 Å². The maximum Gasteiger partial charge on any atom is 0.242 e. The molecule has 2 amide bonds. The average Bonchev–Trinajstić information content (AvgIpc) is 2.44. The lowest BCUT2D eigenvalue weighted by molar-refractivity contribution is -0.140. The summed E-state index contributed by atoms with van der Waals surface area (Å²) in [5.74, 6) is -0.122. The zero-order valence-corrected chi connectivity index (χ0v) is 11.8. The van der Waals surface area contributed by atoms with Crippen LogP contribution in [0.1, 0.15) is 32.8 Å².